The average Bonchev–Trinajstić information content (AvgIpc) is 3.21. The molecule has 0 atom stereocenters. The molecular formula is C25H18F2IN3O2. The summed E-state index contributed by atoms with van der Waals surface area (Å²) in [6.45, 7) is 2.55. The maximum atomic E-state index is 13.5. The Morgan fingerprint density at radius 3 is 2.58 bits per heavy atom. The molecule has 0 saturated carbocycles. The van der Waals surface area contributed by atoms with Crippen LogP contribution in [0.4, 0.5) is 8.78 Å². The quantitative estimate of drug-likeness (QED) is 0.209. The molecule has 0 fully saturated rings. The largest absolute Gasteiger partial charge is 0.490 e. The molecule has 1 N–H and O–H groups in total. The van der Waals surface area contributed by atoms with Crippen LogP contribution in [-0.2, 0) is 6.61 Å². The van der Waals surface area contributed by atoms with Gasteiger partial charge in [-0.05, 0) is 89.2 Å². The minimum atomic E-state index is -0.382. The van der Waals surface area contributed by atoms with Crippen molar-refractivity contribution < 1.29 is 18.3 Å². The summed E-state index contributed by atoms with van der Waals surface area (Å²) in [7, 11) is 0. The van der Waals surface area contributed by atoms with Gasteiger partial charge in [0, 0.05) is 0 Å². The number of halogens is 3. The summed E-state index contributed by atoms with van der Waals surface area (Å²) < 4.78 is 39.2. The number of hydrogen-bond donors (Lipinski definition) is 1. The minimum absolute atomic E-state index is 0.254. The van der Waals surface area contributed by atoms with Gasteiger partial charge in [-0.3, -0.25) is 0 Å². The van der Waals surface area contributed by atoms with E-state index >= 15 is 0 Å². The molecule has 3 aromatic carbocycles. The van der Waals surface area contributed by atoms with E-state index in [1.807, 2.05) is 13.0 Å². The number of imidazole rings is 1. The molecule has 1 aromatic heterocycles. The van der Waals surface area contributed by atoms with Gasteiger partial charge < -0.3 is 14.5 Å². The van der Waals surface area contributed by atoms with Gasteiger partial charge in [0.15, 0.2) is 11.5 Å². The summed E-state index contributed by atoms with van der Waals surface area (Å²) in [5.74, 6) is 0.760. The first-order valence-electron chi connectivity index (χ1n) is 10.1. The molecule has 1 heterocycles. The van der Waals surface area contributed by atoms with Gasteiger partial charge in [0.25, 0.3) is 0 Å². The summed E-state index contributed by atoms with van der Waals surface area (Å²) >= 11 is 2.15. The molecule has 33 heavy (non-hydrogen) atoms. The van der Waals surface area contributed by atoms with Gasteiger partial charge in [-0.1, -0.05) is 12.1 Å². The second kappa shape index (κ2) is 10.0. The van der Waals surface area contributed by atoms with Crippen LogP contribution < -0.4 is 9.47 Å². The molecule has 0 saturated heterocycles. The summed E-state index contributed by atoms with van der Waals surface area (Å²) in [4.78, 5) is 7.38. The highest BCUT2D eigenvalue weighted by Crippen LogP contribution is 2.36. The predicted molar refractivity (Wildman–Crippen MR) is 131 cm³/mol. The predicted octanol–water partition coefficient (Wildman–Crippen LogP) is 6.49. The molecule has 0 spiro atoms. The summed E-state index contributed by atoms with van der Waals surface area (Å²) in [5.41, 5.74) is 2.93. The Kier molecular flexibility index (Phi) is 6.89. The fourth-order valence-electron chi connectivity index (χ4n) is 3.24. The molecule has 4 rings (SSSR count). The second-order valence-electron chi connectivity index (χ2n) is 7.09. The Hall–Kier alpha value is -3.45. The number of nitriles is 1. The standard InChI is InChI=1S/C25H18F2IN3O2/c1-2-32-23-11-16(10-20(28)24(23)33-14-15-3-5-18(26)6-4-15)9-17(13-29)25-30-21-8-7-19(27)12-22(21)31-25/h3-12H,2,14H2,1H3,(H,30,31)/b17-9-. The van der Waals surface area contributed by atoms with E-state index in [1.54, 1.807) is 30.3 Å². The number of aromatic nitrogens is 2. The maximum absolute atomic E-state index is 13.5. The molecule has 5 nitrogen and oxygen atoms in total. The highest BCUT2D eigenvalue weighted by atomic mass is 127. The molecule has 0 aliphatic heterocycles. The van der Waals surface area contributed by atoms with E-state index in [4.69, 9.17) is 9.47 Å². The Labute approximate surface area is 202 Å². The third-order valence-corrected chi connectivity index (χ3v) is 5.56. The van der Waals surface area contributed by atoms with Crippen molar-refractivity contribution in [2.45, 2.75) is 13.5 Å². The highest BCUT2D eigenvalue weighted by molar-refractivity contribution is 14.1. The molecular weight excluding hydrogens is 539 g/mol. The van der Waals surface area contributed by atoms with Gasteiger partial charge in [0.05, 0.1) is 26.8 Å². The van der Waals surface area contributed by atoms with Crippen molar-refractivity contribution in [2.75, 3.05) is 6.61 Å². The Morgan fingerprint density at radius 1 is 1.09 bits per heavy atom. The van der Waals surface area contributed by atoms with Gasteiger partial charge in [0.2, 0.25) is 0 Å². The summed E-state index contributed by atoms with van der Waals surface area (Å²) in [5, 5.41) is 9.71. The fraction of sp³-hybridized carbons (Fsp3) is 0.120. The van der Waals surface area contributed by atoms with E-state index in [0.29, 0.717) is 40.5 Å². The van der Waals surface area contributed by atoms with Gasteiger partial charge >= 0.3 is 0 Å². The van der Waals surface area contributed by atoms with Crippen LogP contribution in [0.5, 0.6) is 11.5 Å². The van der Waals surface area contributed by atoms with Crippen molar-refractivity contribution in [2.24, 2.45) is 0 Å². The van der Waals surface area contributed by atoms with E-state index < -0.39 is 0 Å². The van der Waals surface area contributed by atoms with Crippen molar-refractivity contribution in [1.29, 1.82) is 5.26 Å². The zero-order valence-electron chi connectivity index (χ0n) is 17.5. The number of aromatic amines is 1. The first kappa shape index (κ1) is 22.7. The Bertz CT molecular complexity index is 1380. The van der Waals surface area contributed by atoms with E-state index in [-0.39, 0.29) is 18.2 Å². The van der Waals surface area contributed by atoms with Gasteiger partial charge in [-0.15, -0.1) is 0 Å². The lowest BCUT2D eigenvalue weighted by Crippen LogP contribution is -2.02. The molecule has 166 valence electrons. The zero-order valence-corrected chi connectivity index (χ0v) is 19.7. The normalized spacial score (nSPS) is 11.4. The number of H-pyrrole nitrogens is 1. The number of allylic oxidation sites excluding steroid dienone is 1. The lowest BCUT2D eigenvalue weighted by atomic mass is 10.1. The zero-order chi connectivity index (χ0) is 23.4. The van der Waals surface area contributed by atoms with Crippen LogP contribution in [0.2, 0.25) is 0 Å². The van der Waals surface area contributed by atoms with Crippen LogP contribution in [0.15, 0.2) is 54.6 Å². The Morgan fingerprint density at radius 2 is 1.85 bits per heavy atom. The number of nitrogens with zero attached hydrogens (tertiary/aromatic N) is 2. The third kappa shape index (κ3) is 5.31. The Balaban J connectivity index is 1.65. The lowest BCUT2D eigenvalue weighted by molar-refractivity contribution is 0.267. The molecule has 0 amide bonds. The first-order valence-corrected chi connectivity index (χ1v) is 11.2. The number of fused-ring (bicyclic) bond motifs is 1. The van der Waals surface area contributed by atoms with E-state index in [0.717, 1.165) is 14.7 Å². The molecule has 0 bridgehead atoms. The van der Waals surface area contributed by atoms with Crippen LogP contribution in [0.25, 0.3) is 22.7 Å². The van der Waals surface area contributed by atoms with Crippen LogP contribution in [0.3, 0.4) is 0 Å². The van der Waals surface area contributed by atoms with Crippen LogP contribution >= 0.6 is 22.6 Å². The van der Waals surface area contributed by atoms with Crippen molar-refractivity contribution in [3.05, 3.63) is 86.8 Å². The SMILES string of the molecule is CCOc1cc(/C=C(/C#N)c2nc3ccc(F)cc3[nH]2)cc(I)c1OCc1ccc(F)cc1. The van der Waals surface area contributed by atoms with Crippen LogP contribution in [0, 0.1) is 26.5 Å². The van der Waals surface area contributed by atoms with Gasteiger partial charge in [0.1, 0.15) is 30.1 Å². The number of rotatable bonds is 7. The second-order valence-corrected chi connectivity index (χ2v) is 8.26. The number of ether oxygens (including phenoxy) is 2. The molecule has 0 aliphatic rings. The van der Waals surface area contributed by atoms with Crippen molar-refractivity contribution >= 4 is 45.3 Å². The van der Waals surface area contributed by atoms with E-state index in [9.17, 15) is 14.0 Å². The maximum Gasteiger partial charge on any atom is 0.175 e. The molecule has 4 aromatic rings. The monoisotopic (exact) mass is 557 g/mol. The molecule has 0 unspecified atom stereocenters. The topological polar surface area (TPSA) is 70.9 Å². The van der Waals surface area contributed by atoms with Crippen molar-refractivity contribution in [3.63, 3.8) is 0 Å². The molecule has 0 aliphatic carbocycles. The van der Waals surface area contributed by atoms with E-state index in [2.05, 4.69) is 38.6 Å². The lowest BCUT2D eigenvalue weighted by Gasteiger charge is -2.15. The van der Waals surface area contributed by atoms with Crippen molar-refractivity contribution in [3.8, 4) is 17.6 Å². The smallest absolute Gasteiger partial charge is 0.175 e. The molecule has 0 radical (unpaired) electrons. The average molecular weight is 557 g/mol. The summed E-state index contributed by atoms with van der Waals surface area (Å²) in [6.07, 6.45) is 1.68. The first-order chi connectivity index (χ1) is 16.0. The minimum Gasteiger partial charge on any atom is -0.490 e. The fourth-order valence-corrected chi connectivity index (χ4v) is 4.02. The van der Waals surface area contributed by atoms with Gasteiger partial charge in [-0.25, -0.2) is 13.8 Å². The van der Waals surface area contributed by atoms with Gasteiger partial charge in [-0.2, -0.15) is 5.26 Å². The third-order valence-electron chi connectivity index (χ3n) is 4.76. The number of nitrogens with one attached hydrogen (secondary N) is 1. The van der Waals surface area contributed by atoms with Crippen molar-refractivity contribution in [1.82, 2.24) is 9.97 Å². The highest BCUT2D eigenvalue weighted by Gasteiger charge is 2.14. The number of hydrogen-bond acceptors (Lipinski definition) is 4. The summed E-state index contributed by atoms with van der Waals surface area (Å²) in [6, 6.07) is 16.1. The number of benzene rings is 3. The van der Waals surface area contributed by atoms with E-state index in [1.165, 1.54) is 24.3 Å². The molecule has 8 heteroatoms. The van der Waals surface area contributed by atoms with Crippen LogP contribution in [0.1, 0.15) is 23.9 Å². The van der Waals surface area contributed by atoms with Crippen LogP contribution in [-0.4, -0.2) is 16.6 Å².